The molecular weight excluding hydrogens is 339 g/mol. The molecule has 0 radical (unpaired) electrons. The number of benzene rings is 1. The van der Waals surface area contributed by atoms with Crippen LogP contribution in [-0.2, 0) is 0 Å². The number of hydrogen-bond acceptors (Lipinski definition) is 5. The van der Waals surface area contributed by atoms with Gasteiger partial charge in [0.1, 0.15) is 5.82 Å². The van der Waals surface area contributed by atoms with E-state index < -0.39 is 0 Å². The summed E-state index contributed by atoms with van der Waals surface area (Å²) in [6.45, 7) is 0. The maximum Gasteiger partial charge on any atom is 0.260 e. The summed E-state index contributed by atoms with van der Waals surface area (Å²) >= 11 is 3.20. The predicted octanol–water partition coefficient (Wildman–Crippen LogP) is 1.72. The first-order chi connectivity index (χ1) is 7.66. The number of aromatic amines is 1. The molecule has 1 aromatic carbocycles. The van der Waals surface area contributed by atoms with Crippen molar-refractivity contribution in [3.05, 3.63) is 26.3 Å². The van der Waals surface area contributed by atoms with Crippen LogP contribution in [0.5, 0.6) is 0 Å². The highest BCUT2D eigenvalue weighted by molar-refractivity contribution is 14.1. The average molecular weight is 344 g/mol. The number of rotatable bonds is 0. The molecule has 3 N–H and O–H groups in total. The van der Waals surface area contributed by atoms with Crippen molar-refractivity contribution >= 4 is 60.9 Å². The van der Waals surface area contributed by atoms with Gasteiger partial charge in [-0.25, -0.2) is 4.98 Å². The normalized spacial score (nSPS) is 11.3. The average Bonchev–Trinajstić information content (AvgIpc) is 2.59. The van der Waals surface area contributed by atoms with Gasteiger partial charge in [0, 0.05) is 5.39 Å². The standard InChI is InChI=1S/C9H5IN4OS/c10-9-12-4-2-1-3-6(16-14-7(3)11)5(4)8(15)13-9/h1-2H,(H2,11,14)(H,12,13,15). The second kappa shape index (κ2) is 3.39. The van der Waals surface area contributed by atoms with E-state index >= 15 is 0 Å². The van der Waals surface area contributed by atoms with E-state index in [2.05, 4.69) is 14.3 Å². The van der Waals surface area contributed by atoms with Crippen LogP contribution in [0.25, 0.3) is 21.0 Å². The molecule has 3 rings (SSSR count). The Kier molecular flexibility index (Phi) is 2.11. The summed E-state index contributed by atoms with van der Waals surface area (Å²) in [5, 5.41) is 1.37. The quantitative estimate of drug-likeness (QED) is 0.480. The number of nitrogens with two attached hydrogens (primary N) is 1. The Morgan fingerprint density at radius 3 is 3.06 bits per heavy atom. The third-order valence-electron chi connectivity index (χ3n) is 2.31. The van der Waals surface area contributed by atoms with Crippen LogP contribution >= 0.6 is 34.1 Å². The number of aromatic nitrogens is 3. The van der Waals surface area contributed by atoms with Gasteiger partial charge in [-0.2, -0.15) is 4.37 Å². The monoisotopic (exact) mass is 344 g/mol. The van der Waals surface area contributed by atoms with E-state index in [1.54, 1.807) is 6.07 Å². The van der Waals surface area contributed by atoms with Gasteiger partial charge in [-0.3, -0.25) is 4.79 Å². The topological polar surface area (TPSA) is 84.7 Å². The molecule has 2 heterocycles. The van der Waals surface area contributed by atoms with Crippen molar-refractivity contribution in [1.82, 2.24) is 14.3 Å². The maximum absolute atomic E-state index is 11.9. The first kappa shape index (κ1) is 9.97. The lowest BCUT2D eigenvalue weighted by molar-refractivity contribution is 1.11. The molecule has 5 nitrogen and oxygen atoms in total. The van der Waals surface area contributed by atoms with Crippen molar-refractivity contribution in [2.75, 3.05) is 5.73 Å². The van der Waals surface area contributed by atoms with Gasteiger partial charge in [0.15, 0.2) is 3.83 Å². The van der Waals surface area contributed by atoms with E-state index in [0.29, 0.717) is 20.6 Å². The van der Waals surface area contributed by atoms with Crippen LogP contribution in [0, 0.1) is 3.83 Å². The molecule has 80 valence electrons. The van der Waals surface area contributed by atoms with Crippen molar-refractivity contribution in [2.24, 2.45) is 0 Å². The number of anilines is 1. The molecule has 0 saturated carbocycles. The zero-order valence-electron chi connectivity index (χ0n) is 7.82. The van der Waals surface area contributed by atoms with Crippen LogP contribution < -0.4 is 11.3 Å². The number of nitrogens with one attached hydrogen (secondary N) is 1. The van der Waals surface area contributed by atoms with Crippen LogP contribution in [-0.4, -0.2) is 14.3 Å². The number of nitrogen functional groups attached to an aromatic ring is 1. The molecule has 0 unspecified atom stereocenters. The van der Waals surface area contributed by atoms with E-state index in [4.69, 9.17) is 5.73 Å². The van der Waals surface area contributed by atoms with Gasteiger partial charge in [0.05, 0.1) is 15.6 Å². The van der Waals surface area contributed by atoms with Gasteiger partial charge in [-0.15, -0.1) is 0 Å². The fourth-order valence-electron chi connectivity index (χ4n) is 1.62. The fourth-order valence-corrected chi connectivity index (χ4v) is 2.97. The second-order valence-electron chi connectivity index (χ2n) is 3.26. The minimum absolute atomic E-state index is 0.149. The number of fused-ring (bicyclic) bond motifs is 3. The minimum Gasteiger partial charge on any atom is -0.382 e. The lowest BCUT2D eigenvalue weighted by atomic mass is 10.2. The van der Waals surface area contributed by atoms with Crippen molar-refractivity contribution in [1.29, 1.82) is 0 Å². The third-order valence-corrected chi connectivity index (χ3v) is 3.71. The van der Waals surface area contributed by atoms with Crippen LogP contribution in [0.4, 0.5) is 5.82 Å². The summed E-state index contributed by atoms with van der Waals surface area (Å²) in [5.41, 5.74) is 6.23. The van der Waals surface area contributed by atoms with Gasteiger partial charge < -0.3 is 10.7 Å². The SMILES string of the molecule is Nc1nsc2c1ccc1nc(I)[nH]c(=O)c12. The van der Waals surface area contributed by atoms with Gasteiger partial charge in [0.2, 0.25) is 0 Å². The largest absolute Gasteiger partial charge is 0.382 e. The zero-order valence-corrected chi connectivity index (χ0v) is 10.8. The summed E-state index contributed by atoms with van der Waals surface area (Å²) in [5.74, 6) is 0.458. The van der Waals surface area contributed by atoms with Gasteiger partial charge >= 0.3 is 0 Å². The smallest absolute Gasteiger partial charge is 0.260 e. The van der Waals surface area contributed by atoms with E-state index in [9.17, 15) is 4.79 Å². The van der Waals surface area contributed by atoms with Crippen molar-refractivity contribution < 1.29 is 0 Å². The summed E-state index contributed by atoms with van der Waals surface area (Å²) in [6, 6.07) is 3.64. The molecule has 3 aromatic rings. The molecule has 0 aliphatic heterocycles. The predicted molar refractivity (Wildman–Crippen MR) is 72.7 cm³/mol. The van der Waals surface area contributed by atoms with E-state index in [0.717, 1.165) is 10.1 Å². The second-order valence-corrected chi connectivity index (χ2v) is 5.06. The van der Waals surface area contributed by atoms with Gasteiger partial charge in [-0.1, -0.05) is 0 Å². The third kappa shape index (κ3) is 1.31. The number of H-pyrrole nitrogens is 1. The first-order valence-corrected chi connectivity index (χ1v) is 6.25. The Hall–Kier alpha value is -1.22. The van der Waals surface area contributed by atoms with E-state index in [1.165, 1.54) is 11.5 Å². The zero-order chi connectivity index (χ0) is 11.3. The molecule has 0 atom stereocenters. The summed E-state index contributed by atoms with van der Waals surface area (Å²) in [6.07, 6.45) is 0. The van der Waals surface area contributed by atoms with E-state index in [-0.39, 0.29) is 5.56 Å². The molecule has 7 heteroatoms. The van der Waals surface area contributed by atoms with Gasteiger partial charge in [-0.05, 0) is 46.3 Å². The number of halogens is 1. The fraction of sp³-hybridized carbons (Fsp3) is 0. The number of nitrogens with zero attached hydrogens (tertiary/aromatic N) is 2. The molecule has 0 amide bonds. The lowest BCUT2D eigenvalue weighted by Gasteiger charge is -1.98. The molecule has 2 aromatic heterocycles. The van der Waals surface area contributed by atoms with Crippen LogP contribution in [0.3, 0.4) is 0 Å². The van der Waals surface area contributed by atoms with Crippen molar-refractivity contribution in [2.45, 2.75) is 0 Å². The van der Waals surface area contributed by atoms with Gasteiger partial charge in [0.25, 0.3) is 5.56 Å². The highest BCUT2D eigenvalue weighted by Crippen LogP contribution is 2.29. The minimum atomic E-state index is -0.149. The Balaban J connectivity index is 2.65. The lowest BCUT2D eigenvalue weighted by Crippen LogP contribution is -2.09. The Morgan fingerprint density at radius 1 is 1.44 bits per heavy atom. The first-order valence-electron chi connectivity index (χ1n) is 4.40. The molecule has 0 fully saturated rings. The molecular formula is C9H5IN4OS. The molecule has 0 spiro atoms. The van der Waals surface area contributed by atoms with Crippen LogP contribution in [0.1, 0.15) is 0 Å². The summed E-state index contributed by atoms with van der Waals surface area (Å²) < 4.78 is 5.41. The Bertz CT molecular complexity index is 763. The molecule has 0 saturated heterocycles. The van der Waals surface area contributed by atoms with Crippen molar-refractivity contribution in [3.8, 4) is 0 Å². The highest BCUT2D eigenvalue weighted by atomic mass is 127. The molecule has 0 aliphatic rings. The number of hydrogen-bond donors (Lipinski definition) is 2. The van der Waals surface area contributed by atoms with Crippen LogP contribution in [0.2, 0.25) is 0 Å². The summed E-state index contributed by atoms with van der Waals surface area (Å²) in [4.78, 5) is 18.8. The maximum atomic E-state index is 11.9. The highest BCUT2D eigenvalue weighted by Gasteiger charge is 2.11. The Labute approximate surface area is 107 Å². The van der Waals surface area contributed by atoms with Crippen LogP contribution in [0.15, 0.2) is 16.9 Å². The Morgan fingerprint density at radius 2 is 2.25 bits per heavy atom. The molecule has 0 aliphatic carbocycles. The molecule has 16 heavy (non-hydrogen) atoms. The van der Waals surface area contributed by atoms with E-state index in [1.807, 2.05) is 28.7 Å². The molecule has 0 bridgehead atoms. The summed E-state index contributed by atoms with van der Waals surface area (Å²) in [7, 11) is 0. The van der Waals surface area contributed by atoms with Crippen molar-refractivity contribution in [3.63, 3.8) is 0 Å².